The van der Waals surface area contributed by atoms with Gasteiger partial charge in [-0.1, -0.05) is 0 Å². The van der Waals surface area contributed by atoms with Crippen molar-refractivity contribution >= 4 is 17.7 Å². The highest BCUT2D eigenvalue weighted by atomic mass is 16.5. The normalized spacial score (nSPS) is 31.2. The number of esters is 2. The van der Waals surface area contributed by atoms with E-state index in [1.54, 1.807) is 13.8 Å². The maximum Gasteiger partial charge on any atom is 0.319 e. The molecule has 1 aliphatic rings. The molecule has 1 aliphatic carbocycles. The zero-order valence-corrected chi connectivity index (χ0v) is 11.4. The molecule has 1 saturated carbocycles. The third-order valence-corrected chi connectivity index (χ3v) is 3.58. The zero-order valence-electron chi connectivity index (χ0n) is 11.4. The minimum atomic E-state index is -1.22. The van der Waals surface area contributed by atoms with Gasteiger partial charge in [-0.2, -0.15) is 0 Å². The second-order valence-corrected chi connectivity index (χ2v) is 4.93. The number of rotatable bonds is 4. The van der Waals surface area contributed by atoms with Gasteiger partial charge in [0.25, 0.3) is 0 Å². The predicted octanol–water partition coefficient (Wildman–Crippen LogP) is 1.49. The van der Waals surface area contributed by atoms with Crippen molar-refractivity contribution in [1.82, 2.24) is 0 Å². The molecule has 1 fully saturated rings. The molecule has 5 heteroatoms. The van der Waals surface area contributed by atoms with Gasteiger partial charge in [0, 0.05) is 0 Å². The molecule has 0 heterocycles. The summed E-state index contributed by atoms with van der Waals surface area (Å²) in [6.45, 7) is 6.89. The van der Waals surface area contributed by atoms with Crippen molar-refractivity contribution in [3.63, 3.8) is 0 Å². The summed E-state index contributed by atoms with van der Waals surface area (Å²) in [4.78, 5) is 36.1. The summed E-state index contributed by atoms with van der Waals surface area (Å²) in [5.74, 6) is -1.50. The number of carbonyl (C=O) groups excluding carboxylic acids is 3. The van der Waals surface area contributed by atoms with E-state index in [1.807, 2.05) is 0 Å². The van der Waals surface area contributed by atoms with E-state index in [1.165, 1.54) is 13.8 Å². The van der Waals surface area contributed by atoms with Crippen molar-refractivity contribution in [3.8, 4) is 0 Å². The summed E-state index contributed by atoms with van der Waals surface area (Å²) in [6.07, 6.45) is 0.639. The molecule has 0 N–H and O–H groups in total. The fourth-order valence-electron chi connectivity index (χ4n) is 2.31. The van der Waals surface area contributed by atoms with E-state index in [4.69, 9.17) is 9.47 Å². The van der Waals surface area contributed by atoms with Crippen molar-refractivity contribution in [2.45, 2.75) is 40.5 Å². The summed E-state index contributed by atoms with van der Waals surface area (Å²) in [5.41, 5.74) is -2.45. The van der Waals surface area contributed by atoms with E-state index in [9.17, 15) is 14.4 Å². The summed E-state index contributed by atoms with van der Waals surface area (Å²) >= 11 is 0. The lowest BCUT2D eigenvalue weighted by atomic mass is 9.80. The van der Waals surface area contributed by atoms with Crippen LogP contribution < -0.4 is 0 Å². The SMILES string of the molecule is CCOC(=O)C1(C)CCC(C)(C(=O)OCC)C1=O. The molecule has 18 heavy (non-hydrogen) atoms. The average molecular weight is 256 g/mol. The number of ketones is 1. The fourth-order valence-corrected chi connectivity index (χ4v) is 2.31. The van der Waals surface area contributed by atoms with Gasteiger partial charge in [0.2, 0.25) is 0 Å². The molecule has 102 valence electrons. The minimum Gasteiger partial charge on any atom is -0.465 e. The third kappa shape index (κ3) is 2.13. The topological polar surface area (TPSA) is 69.7 Å². The van der Waals surface area contributed by atoms with Gasteiger partial charge in [-0.3, -0.25) is 14.4 Å². The lowest BCUT2D eigenvalue weighted by Gasteiger charge is -2.24. The van der Waals surface area contributed by atoms with Crippen molar-refractivity contribution < 1.29 is 23.9 Å². The Bertz CT molecular complexity index is 342. The van der Waals surface area contributed by atoms with Crippen LogP contribution in [0.5, 0.6) is 0 Å². The molecule has 0 amide bonds. The Morgan fingerprint density at radius 1 is 1.00 bits per heavy atom. The molecule has 0 bridgehead atoms. The van der Waals surface area contributed by atoms with Crippen molar-refractivity contribution in [2.75, 3.05) is 13.2 Å². The fraction of sp³-hybridized carbons (Fsp3) is 0.769. The molecule has 0 aliphatic heterocycles. The van der Waals surface area contributed by atoms with Crippen LogP contribution in [0.15, 0.2) is 0 Å². The molecule has 0 aromatic heterocycles. The van der Waals surface area contributed by atoms with Gasteiger partial charge >= 0.3 is 11.9 Å². The lowest BCUT2D eigenvalue weighted by molar-refractivity contribution is -0.163. The number of carbonyl (C=O) groups is 3. The van der Waals surface area contributed by atoms with Gasteiger partial charge in [0.15, 0.2) is 5.78 Å². The largest absolute Gasteiger partial charge is 0.465 e. The zero-order chi connectivity index (χ0) is 14.0. The van der Waals surface area contributed by atoms with E-state index in [0.717, 1.165) is 0 Å². The molecule has 1 rings (SSSR count). The molecule has 0 saturated heterocycles. The summed E-state index contributed by atoms with van der Waals surface area (Å²) in [5, 5.41) is 0. The Kier molecular flexibility index (Phi) is 4.14. The lowest BCUT2D eigenvalue weighted by Crippen LogP contribution is -2.43. The van der Waals surface area contributed by atoms with Gasteiger partial charge in [0.1, 0.15) is 10.8 Å². The molecule has 0 spiro atoms. The average Bonchev–Trinajstić information content (AvgIpc) is 2.57. The first kappa shape index (κ1) is 14.7. The van der Waals surface area contributed by atoms with E-state index in [-0.39, 0.29) is 13.2 Å². The molecule has 2 atom stereocenters. The first-order valence-corrected chi connectivity index (χ1v) is 6.22. The second kappa shape index (κ2) is 5.08. The van der Waals surface area contributed by atoms with Crippen LogP contribution in [0.2, 0.25) is 0 Å². The van der Waals surface area contributed by atoms with Crippen LogP contribution in [0, 0.1) is 10.8 Å². The van der Waals surface area contributed by atoms with E-state index >= 15 is 0 Å². The summed E-state index contributed by atoms with van der Waals surface area (Å²) in [6, 6.07) is 0. The molecule has 0 aromatic rings. The molecule has 0 radical (unpaired) electrons. The van der Waals surface area contributed by atoms with Crippen LogP contribution in [0.4, 0.5) is 0 Å². The van der Waals surface area contributed by atoms with Gasteiger partial charge in [-0.25, -0.2) is 0 Å². The van der Waals surface area contributed by atoms with Crippen LogP contribution in [0.1, 0.15) is 40.5 Å². The van der Waals surface area contributed by atoms with E-state index in [0.29, 0.717) is 12.8 Å². The van der Waals surface area contributed by atoms with Gasteiger partial charge in [0.05, 0.1) is 13.2 Å². The van der Waals surface area contributed by atoms with Gasteiger partial charge < -0.3 is 9.47 Å². The highest BCUT2D eigenvalue weighted by Crippen LogP contribution is 2.47. The molecule has 5 nitrogen and oxygen atoms in total. The molecular formula is C13H20O5. The third-order valence-electron chi connectivity index (χ3n) is 3.58. The van der Waals surface area contributed by atoms with Crippen LogP contribution in [0.3, 0.4) is 0 Å². The van der Waals surface area contributed by atoms with Crippen LogP contribution in [0.25, 0.3) is 0 Å². The van der Waals surface area contributed by atoms with Crippen LogP contribution in [-0.2, 0) is 23.9 Å². The monoisotopic (exact) mass is 256 g/mol. The predicted molar refractivity (Wildman–Crippen MR) is 63.7 cm³/mol. The first-order chi connectivity index (χ1) is 8.32. The van der Waals surface area contributed by atoms with E-state index in [2.05, 4.69) is 0 Å². The maximum atomic E-state index is 12.4. The van der Waals surface area contributed by atoms with Crippen molar-refractivity contribution in [3.05, 3.63) is 0 Å². The Morgan fingerprint density at radius 2 is 1.33 bits per heavy atom. The standard InChI is InChI=1S/C13H20O5/c1-5-17-10(15)12(3)7-8-13(4,9(12)14)11(16)18-6-2/h5-8H2,1-4H3. The minimum absolute atomic E-state index is 0.220. The highest BCUT2D eigenvalue weighted by molar-refractivity contribution is 6.15. The Labute approximate surface area is 107 Å². The molecule has 0 aromatic carbocycles. The summed E-state index contributed by atoms with van der Waals surface area (Å²) in [7, 11) is 0. The Morgan fingerprint density at radius 3 is 1.61 bits per heavy atom. The van der Waals surface area contributed by atoms with Crippen LogP contribution >= 0.6 is 0 Å². The number of Topliss-reactive ketones (excluding diaryl/α,β-unsaturated/α-hetero) is 1. The molecular weight excluding hydrogens is 236 g/mol. The van der Waals surface area contributed by atoms with Gasteiger partial charge in [-0.15, -0.1) is 0 Å². The van der Waals surface area contributed by atoms with Crippen molar-refractivity contribution in [2.24, 2.45) is 10.8 Å². The van der Waals surface area contributed by atoms with Crippen LogP contribution in [-0.4, -0.2) is 30.9 Å². The smallest absolute Gasteiger partial charge is 0.319 e. The molecule has 2 unspecified atom stereocenters. The number of hydrogen-bond acceptors (Lipinski definition) is 5. The van der Waals surface area contributed by atoms with Crippen molar-refractivity contribution in [1.29, 1.82) is 0 Å². The number of ether oxygens (including phenoxy) is 2. The maximum absolute atomic E-state index is 12.4. The Balaban J connectivity index is 2.96. The first-order valence-electron chi connectivity index (χ1n) is 6.22. The van der Waals surface area contributed by atoms with Gasteiger partial charge in [-0.05, 0) is 40.5 Å². The number of hydrogen-bond donors (Lipinski definition) is 0. The van der Waals surface area contributed by atoms with E-state index < -0.39 is 28.6 Å². The summed E-state index contributed by atoms with van der Waals surface area (Å²) < 4.78 is 9.84. The quantitative estimate of drug-likeness (QED) is 0.563. The second-order valence-electron chi connectivity index (χ2n) is 4.93. The Hall–Kier alpha value is -1.39. The highest BCUT2D eigenvalue weighted by Gasteiger charge is 2.60.